The Kier molecular flexibility index (Phi) is 3.87. The summed E-state index contributed by atoms with van der Waals surface area (Å²) in [6.07, 6.45) is 8.00. The molecule has 1 aromatic heterocycles. The van der Waals surface area contributed by atoms with Crippen LogP contribution in [0.3, 0.4) is 0 Å². The highest BCUT2D eigenvalue weighted by Crippen LogP contribution is 2.46. The van der Waals surface area contributed by atoms with Crippen LogP contribution in [0, 0.1) is 0 Å². The SMILES string of the molecule is C/C(=C/c1ccncn1)c1ccc2c(c1)C(C)(C)CCC2(C)C. The summed E-state index contributed by atoms with van der Waals surface area (Å²) in [4.78, 5) is 8.27. The number of fused-ring (bicyclic) bond motifs is 1. The molecule has 0 atom stereocenters. The van der Waals surface area contributed by atoms with Gasteiger partial charge >= 0.3 is 0 Å². The third-order valence-electron chi connectivity index (χ3n) is 5.28. The standard InChI is InChI=1S/C21H26N2/c1-15(12-17-8-11-22-14-23-17)16-6-7-18-19(13-16)21(4,5)10-9-20(18,2)3/h6-8,11-14H,9-10H2,1-5H3/b15-12-. The smallest absolute Gasteiger partial charge is 0.115 e. The van der Waals surface area contributed by atoms with E-state index in [4.69, 9.17) is 0 Å². The Balaban J connectivity index is 2.05. The van der Waals surface area contributed by atoms with E-state index in [1.54, 1.807) is 12.5 Å². The molecular formula is C21H26N2. The van der Waals surface area contributed by atoms with Crippen molar-refractivity contribution in [3.8, 4) is 0 Å². The third kappa shape index (κ3) is 3.08. The van der Waals surface area contributed by atoms with Crippen LogP contribution >= 0.6 is 0 Å². The minimum Gasteiger partial charge on any atom is -0.245 e. The van der Waals surface area contributed by atoms with Crippen LogP contribution in [-0.2, 0) is 10.8 Å². The molecule has 3 rings (SSSR count). The zero-order chi connectivity index (χ0) is 16.7. The minimum atomic E-state index is 0.246. The van der Waals surface area contributed by atoms with Crippen molar-refractivity contribution in [1.29, 1.82) is 0 Å². The molecule has 0 radical (unpaired) electrons. The lowest BCUT2D eigenvalue weighted by Crippen LogP contribution is -2.33. The van der Waals surface area contributed by atoms with Crippen LogP contribution in [0.2, 0.25) is 0 Å². The topological polar surface area (TPSA) is 25.8 Å². The molecule has 0 unspecified atom stereocenters. The highest BCUT2D eigenvalue weighted by atomic mass is 14.8. The number of benzene rings is 1. The molecular weight excluding hydrogens is 280 g/mol. The maximum atomic E-state index is 4.30. The van der Waals surface area contributed by atoms with Crippen LogP contribution < -0.4 is 0 Å². The van der Waals surface area contributed by atoms with Crippen molar-refractivity contribution >= 4 is 11.6 Å². The first-order chi connectivity index (χ1) is 10.8. The molecule has 2 heteroatoms. The molecule has 1 heterocycles. The van der Waals surface area contributed by atoms with Gasteiger partial charge in [0.2, 0.25) is 0 Å². The molecule has 1 aliphatic carbocycles. The van der Waals surface area contributed by atoms with E-state index in [1.807, 2.05) is 6.07 Å². The van der Waals surface area contributed by atoms with E-state index in [0.29, 0.717) is 0 Å². The van der Waals surface area contributed by atoms with Crippen molar-refractivity contribution in [3.63, 3.8) is 0 Å². The van der Waals surface area contributed by atoms with Gasteiger partial charge in [0, 0.05) is 6.20 Å². The molecule has 0 saturated carbocycles. The number of hydrogen-bond acceptors (Lipinski definition) is 2. The van der Waals surface area contributed by atoms with Gasteiger partial charge < -0.3 is 0 Å². The van der Waals surface area contributed by atoms with Crippen molar-refractivity contribution in [2.75, 3.05) is 0 Å². The number of allylic oxidation sites excluding steroid dienone is 1. The summed E-state index contributed by atoms with van der Waals surface area (Å²) in [6, 6.07) is 8.93. The summed E-state index contributed by atoms with van der Waals surface area (Å²) in [5.74, 6) is 0. The monoisotopic (exact) mass is 306 g/mol. The Hall–Kier alpha value is -1.96. The van der Waals surface area contributed by atoms with Crippen molar-refractivity contribution < 1.29 is 0 Å². The average molecular weight is 306 g/mol. The number of nitrogens with zero attached hydrogens (tertiary/aromatic N) is 2. The molecule has 2 aromatic rings. The molecule has 23 heavy (non-hydrogen) atoms. The first-order valence-electron chi connectivity index (χ1n) is 8.39. The summed E-state index contributed by atoms with van der Waals surface area (Å²) in [5, 5.41) is 0. The maximum absolute atomic E-state index is 4.30. The van der Waals surface area contributed by atoms with Gasteiger partial charge in [-0.05, 0) is 65.0 Å². The van der Waals surface area contributed by atoms with Crippen molar-refractivity contribution in [2.45, 2.75) is 58.3 Å². The molecule has 0 N–H and O–H groups in total. The first kappa shape index (κ1) is 15.9. The second-order valence-electron chi connectivity index (χ2n) is 7.99. The van der Waals surface area contributed by atoms with Gasteiger partial charge in [-0.1, -0.05) is 45.9 Å². The van der Waals surface area contributed by atoms with Crippen LogP contribution in [0.1, 0.15) is 69.8 Å². The summed E-state index contributed by atoms with van der Waals surface area (Å²) < 4.78 is 0. The van der Waals surface area contributed by atoms with E-state index >= 15 is 0 Å². The van der Waals surface area contributed by atoms with Gasteiger partial charge in [0.25, 0.3) is 0 Å². The molecule has 0 saturated heterocycles. The highest BCUT2D eigenvalue weighted by Gasteiger charge is 2.36. The van der Waals surface area contributed by atoms with E-state index in [1.165, 1.54) is 35.1 Å². The van der Waals surface area contributed by atoms with Crippen molar-refractivity contribution in [3.05, 3.63) is 59.2 Å². The number of rotatable bonds is 2. The molecule has 0 aliphatic heterocycles. The van der Waals surface area contributed by atoms with E-state index < -0.39 is 0 Å². The number of aromatic nitrogens is 2. The Morgan fingerprint density at radius 1 is 1.00 bits per heavy atom. The van der Waals surface area contributed by atoms with E-state index in [0.717, 1.165) is 5.69 Å². The fourth-order valence-corrected chi connectivity index (χ4v) is 3.53. The molecule has 2 nitrogen and oxygen atoms in total. The van der Waals surface area contributed by atoms with Gasteiger partial charge in [-0.15, -0.1) is 0 Å². The molecule has 0 spiro atoms. The summed E-state index contributed by atoms with van der Waals surface area (Å²) in [6.45, 7) is 11.6. The van der Waals surface area contributed by atoms with Gasteiger partial charge in [-0.2, -0.15) is 0 Å². The molecule has 0 fully saturated rings. The predicted molar refractivity (Wildman–Crippen MR) is 97.3 cm³/mol. The Morgan fingerprint density at radius 2 is 1.70 bits per heavy atom. The molecule has 1 aliphatic rings. The van der Waals surface area contributed by atoms with E-state index in [-0.39, 0.29) is 10.8 Å². The largest absolute Gasteiger partial charge is 0.245 e. The Bertz CT molecular complexity index is 740. The summed E-state index contributed by atoms with van der Waals surface area (Å²) >= 11 is 0. The Morgan fingerprint density at radius 3 is 2.35 bits per heavy atom. The van der Waals surface area contributed by atoms with Gasteiger partial charge in [-0.25, -0.2) is 9.97 Å². The average Bonchev–Trinajstić information content (AvgIpc) is 2.52. The van der Waals surface area contributed by atoms with E-state index in [2.05, 4.69) is 68.9 Å². The third-order valence-corrected chi connectivity index (χ3v) is 5.28. The molecule has 0 bridgehead atoms. The lowest BCUT2D eigenvalue weighted by atomic mass is 9.63. The van der Waals surface area contributed by atoms with Crippen molar-refractivity contribution in [1.82, 2.24) is 9.97 Å². The summed E-state index contributed by atoms with van der Waals surface area (Å²) in [7, 11) is 0. The zero-order valence-electron chi connectivity index (χ0n) is 14.9. The van der Waals surface area contributed by atoms with Crippen molar-refractivity contribution in [2.24, 2.45) is 0 Å². The normalized spacial score (nSPS) is 19.3. The zero-order valence-corrected chi connectivity index (χ0v) is 14.9. The van der Waals surface area contributed by atoms with Crippen LogP contribution in [0.4, 0.5) is 0 Å². The Labute approximate surface area is 139 Å². The van der Waals surface area contributed by atoms with Gasteiger partial charge in [0.15, 0.2) is 0 Å². The summed E-state index contributed by atoms with van der Waals surface area (Å²) in [5.41, 5.74) is 7.01. The lowest BCUT2D eigenvalue weighted by molar-refractivity contribution is 0.332. The predicted octanol–water partition coefficient (Wildman–Crippen LogP) is 5.39. The minimum absolute atomic E-state index is 0.246. The quantitative estimate of drug-likeness (QED) is 0.743. The number of hydrogen-bond donors (Lipinski definition) is 0. The van der Waals surface area contributed by atoms with Gasteiger partial charge in [-0.3, -0.25) is 0 Å². The fourth-order valence-electron chi connectivity index (χ4n) is 3.53. The highest BCUT2D eigenvalue weighted by molar-refractivity contribution is 5.79. The molecule has 0 amide bonds. The van der Waals surface area contributed by atoms with Crippen LogP contribution in [0.25, 0.3) is 11.6 Å². The molecule has 120 valence electrons. The molecule has 1 aromatic carbocycles. The van der Waals surface area contributed by atoms with Crippen LogP contribution in [0.5, 0.6) is 0 Å². The van der Waals surface area contributed by atoms with Gasteiger partial charge in [0.05, 0.1) is 5.69 Å². The van der Waals surface area contributed by atoms with Crippen LogP contribution in [0.15, 0.2) is 36.8 Å². The second kappa shape index (κ2) is 5.59. The van der Waals surface area contributed by atoms with E-state index in [9.17, 15) is 0 Å². The first-order valence-corrected chi connectivity index (χ1v) is 8.39. The van der Waals surface area contributed by atoms with Gasteiger partial charge in [0.1, 0.15) is 6.33 Å². The maximum Gasteiger partial charge on any atom is 0.115 e. The second-order valence-corrected chi connectivity index (χ2v) is 7.99. The van der Waals surface area contributed by atoms with Crippen LogP contribution in [-0.4, -0.2) is 9.97 Å². The fraction of sp³-hybridized carbons (Fsp3) is 0.429. The lowest BCUT2D eigenvalue weighted by Gasteiger charge is -2.42.